The smallest absolute Gasteiger partial charge is 0.341 e. The normalized spacial score (nSPS) is 23.3. The highest BCUT2D eigenvalue weighted by atomic mass is 79.9. The van der Waals surface area contributed by atoms with Crippen LogP contribution in [0.15, 0.2) is 53.0 Å². The second kappa shape index (κ2) is 9.88. The largest absolute Gasteiger partial charge is 0.493 e. The monoisotopic (exact) mass is 488 g/mol. The van der Waals surface area contributed by atoms with E-state index in [-0.39, 0.29) is 24.0 Å². The number of hydrogen-bond donors (Lipinski definition) is 1. The zero-order chi connectivity index (χ0) is 22.7. The molecule has 1 saturated heterocycles. The lowest BCUT2D eigenvalue weighted by Gasteiger charge is -2.42. The molecule has 5 nitrogen and oxygen atoms in total. The SMILES string of the molecule is C=C(C)[C@@H]1C[C@H](c2cccc(C)c2)[C@H](C)O[C@@H]1c1cc(Br)cc(OC)c1OCC(=O)O. The van der Waals surface area contributed by atoms with Crippen LogP contribution in [0.25, 0.3) is 0 Å². The van der Waals surface area contributed by atoms with Gasteiger partial charge in [0.25, 0.3) is 0 Å². The molecule has 166 valence electrons. The van der Waals surface area contributed by atoms with Crippen LogP contribution in [0, 0.1) is 12.8 Å². The third-order valence-electron chi connectivity index (χ3n) is 5.82. The number of rotatable bonds is 7. The molecule has 2 aromatic carbocycles. The molecule has 31 heavy (non-hydrogen) atoms. The van der Waals surface area contributed by atoms with Crippen molar-refractivity contribution >= 4 is 21.9 Å². The topological polar surface area (TPSA) is 65.0 Å². The minimum atomic E-state index is -1.05. The van der Waals surface area contributed by atoms with E-state index in [1.165, 1.54) is 18.2 Å². The van der Waals surface area contributed by atoms with Gasteiger partial charge in [-0.25, -0.2) is 4.79 Å². The van der Waals surface area contributed by atoms with Crippen LogP contribution in [0.2, 0.25) is 0 Å². The van der Waals surface area contributed by atoms with Crippen LogP contribution < -0.4 is 9.47 Å². The van der Waals surface area contributed by atoms with Crippen molar-refractivity contribution in [1.82, 2.24) is 0 Å². The van der Waals surface area contributed by atoms with E-state index in [0.29, 0.717) is 11.5 Å². The van der Waals surface area contributed by atoms with Gasteiger partial charge in [0.1, 0.15) is 0 Å². The van der Waals surface area contributed by atoms with Crippen molar-refractivity contribution in [1.29, 1.82) is 0 Å². The van der Waals surface area contributed by atoms with Crippen LogP contribution in [0.4, 0.5) is 0 Å². The molecule has 1 heterocycles. The van der Waals surface area contributed by atoms with E-state index in [1.54, 1.807) is 6.07 Å². The molecule has 6 heteroatoms. The fourth-order valence-electron chi connectivity index (χ4n) is 4.31. The van der Waals surface area contributed by atoms with Crippen molar-refractivity contribution in [2.45, 2.75) is 45.3 Å². The summed E-state index contributed by atoms with van der Waals surface area (Å²) in [6.45, 7) is 9.97. The summed E-state index contributed by atoms with van der Waals surface area (Å²) >= 11 is 3.53. The molecule has 1 aliphatic heterocycles. The quantitative estimate of drug-likeness (QED) is 0.480. The summed E-state index contributed by atoms with van der Waals surface area (Å²) in [6.07, 6.45) is 0.501. The van der Waals surface area contributed by atoms with E-state index in [9.17, 15) is 4.79 Å². The first-order valence-electron chi connectivity index (χ1n) is 10.3. The predicted octanol–water partition coefficient (Wildman–Crippen LogP) is 6.06. The number of aryl methyl sites for hydroxylation is 1. The number of ether oxygens (including phenoxy) is 3. The molecule has 4 atom stereocenters. The molecule has 0 spiro atoms. The Bertz CT molecular complexity index is 970. The van der Waals surface area contributed by atoms with Gasteiger partial charge in [-0.2, -0.15) is 0 Å². The summed E-state index contributed by atoms with van der Waals surface area (Å²) in [4.78, 5) is 11.2. The molecular weight excluding hydrogens is 460 g/mol. The summed E-state index contributed by atoms with van der Waals surface area (Å²) in [7, 11) is 1.54. The van der Waals surface area contributed by atoms with E-state index in [2.05, 4.69) is 60.6 Å². The number of benzene rings is 2. The Balaban J connectivity index is 2.02. The maximum Gasteiger partial charge on any atom is 0.341 e. The maximum atomic E-state index is 11.2. The van der Waals surface area contributed by atoms with Gasteiger partial charge < -0.3 is 19.3 Å². The molecule has 0 aromatic heterocycles. The van der Waals surface area contributed by atoms with Crippen molar-refractivity contribution in [2.75, 3.05) is 13.7 Å². The summed E-state index contributed by atoms with van der Waals surface area (Å²) in [5.41, 5.74) is 4.25. The van der Waals surface area contributed by atoms with Crippen LogP contribution in [-0.4, -0.2) is 30.9 Å². The van der Waals surface area contributed by atoms with E-state index < -0.39 is 12.6 Å². The molecule has 0 bridgehead atoms. The van der Waals surface area contributed by atoms with E-state index in [4.69, 9.17) is 19.3 Å². The molecule has 1 N–H and O–H groups in total. The number of carbonyl (C=O) groups is 1. The molecule has 0 amide bonds. The van der Waals surface area contributed by atoms with Crippen LogP contribution in [0.1, 0.15) is 49.0 Å². The molecule has 0 saturated carbocycles. The Kier molecular flexibility index (Phi) is 7.44. The van der Waals surface area contributed by atoms with Gasteiger partial charge in [-0.1, -0.05) is 57.9 Å². The highest BCUT2D eigenvalue weighted by Gasteiger charge is 2.39. The Morgan fingerprint density at radius 1 is 1.32 bits per heavy atom. The minimum absolute atomic E-state index is 0.0351. The first-order chi connectivity index (χ1) is 14.7. The summed E-state index contributed by atoms with van der Waals surface area (Å²) < 4.78 is 18.6. The Morgan fingerprint density at radius 3 is 2.68 bits per heavy atom. The molecule has 0 radical (unpaired) electrons. The zero-order valence-corrected chi connectivity index (χ0v) is 19.9. The number of methoxy groups -OCH3 is 1. The highest BCUT2D eigenvalue weighted by Crippen LogP contribution is 2.50. The second-order valence-corrected chi connectivity index (χ2v) is 9.10. The minimum Gasteiger partial charge on any atom is -0.493 e. The third kappa shape index (κ3) is 5.31. The Hall–Kier alpha value is -2.31. The zero-order valence-electron chi connectivity index (χ0n) is 18.4. The molecule has 2 aromatic rings. The van der Waals surface area contributed by atoms with Crippen LogP contribution >= 0.6 is 15.9 Å². The maximum absolute atomic E-state index is 11.2. The predicted molar refractivity (Wildman–Crippen MR) is 124 cm³/mol. The first kappa shape index (κ1) is 23.4. The molecule has 1 aliphatic rings. The van der Waals surface area contributed by atoms with E-state index >= 15 is 0 Å². The van der Waals surface area contributed by atoms with Crippen molar-refractivity contribution in [3.8, 4) is 11.5 Å². The van der Waals surface area contributed by atoms with Crippen LogP contribution in [0.3, 0.4) is 0 Å². The van der Waals surface area contributed by atoms with Crippen molar-refractivity contribution < 1.29 is 24.1 Å². The molecular formula is C25H29BrO5. The molecule has 1 fully saturated rings. The van der Waals surface area contributed by atoms with E-state index in [1.807, 2.05) is 13.0 Å². The fourth-order valence-corrected chi connectivity index (χ4v) is 4.76. The van der Waals surface area contributed by atoms with Crippen LogP contribution in [-0.2, 0) is 9.53 Å². The number of hydrogen-bond acceptors (Lipinski definition) is 4. The van der Waals surface area contributed by atoms with Crippen molar-refractivity contribution in [3.05, 3.63) is 69.7 Å². The van der Waals surface area contributed by atoms with Gasteiger partial charge in [-0.3, -0.25) is 0 Å². The summed E-state index contributed by atoms with van der Waals surface area (Å²) in [6, 6.07) is 12.2. The van der Waals surface area contributed by atoms with Gasteiger partial charge >= 0.3 is 5.97 Å². The van der Waals surface area contributed by atoms with Gasteiger partial charge in [-0.15, -0.1) is 0 Å². The van der Waals surface area contributed by atoms with Gasteiger partial charge in [0.2, 0.25) is 0 Å². The average molecular weight is 489 g/mol. The average Bonchev–Trinajstić information content (AvgIpc) is 2.71. The number of halogens is 1. The lowest BCUT2D eigenvalue weighted by Crippen LogP contribution is -2.34. The second-order valence-electron chi connectivity index (χ2n) is 8.18. The standard InChI is InChI=1S/C25H29BrO5/c1-14(2)19-12-20(17-8-6-7-15(3)9-17)16(4)31-24(19)21-10-18(26)11-22(29-5)25(21)30-13-23(27)28/h6-11,16,19-20,24H,1,12-13H2,2-5H3,(H,27,28)/t16-,19-,20-,24-/m0/s1. The molecule has 0 aliphatic carbocycles. The summed E-state index contributed by atoms with van der Waals surface area (Å²) in [5.74, 6) is 0.0710. The number of carboxylic acid groups (broad SMARTS) is 1. The number of aliphatic carboxylic acids is 1. The summed E-state index contributed by atoms with van der Waals surface area (Å²) in [5, 5.41) is 9.14. The molecule has 3 rings (SSSR count). The fraction of sp³-hybridized carbons (Fsp3) is 0.400. The Morgan fingerprint density at radius 2 is 2.06 bits per heavy atom. The lowest BCUT2D eigenvalue weighted by molar-refractivity contribution is -0.139. The van der Waals surface area contributed by atoms with Gasteiger partial charge in [0.05, 0.1) is 19.3 Å². The highest BCUT2D eigenvalue weighted by molar-refractivity contribution is 9.10. The first-order valence-corrected chi connectivity index (χ1v) is 11.1. The van der Waals surface area contributed by atoms with Crippen molar-refractivity contribution in [3.63, 3.8) is 0 Å². The van der Waals surface area contributed by atoms with Crippen molar-refractivity contribution in [2.24, 2.45) is 5.92 Å². The van der Waals surface area contributed by atoms with Gasteiger partial charge in [0.15, 0.2) is 18.1 Å². The van der Waals surface area contributed by atoms with Gasteiger partial charge in [0, 0.05) is 21.9 Å². The van der Waals surface area contributed by atoms with E-state index in [0.717, 1.165) is 22.0 Å². The van der Waals surface area contributed by atoms with Crippen LogP contribution in [0.5, 0.6) is 11.5 Å². The number of carboxylic acids is 1. The third-order valence-corrected chi connectivity index (χ3v) is 6.28. The van der Waals surface area contributed by atoms with Gasteiger partial charge in [-0.05, 0) is 44.9 Å². The molecule has 0 unspecified atom stereocenters. The lowest BCUT2D eigenvalue weighted by atomic mass is 9.75. The Labute approximate surface area is 192 Å².